The lowest BCUT2D eigenvalue weighted by Gasteiger charge is -2.17. The number of unbranched alkanes of at least 4 members (excludes halogenated alkanes) is 2. The van der Waals surface area contributed by atoms with Crippen LogP contribution in [-0.2, 0) is 13.0 Å². The number of rotatable bonds is 8. The molecule has 0 atom stereocenters. The monoisotopic (exact) mass is 396 g/mol. The van der Waals surface area contributed by atoms with Crippen molar-refractivity contribution >= 4 is 23.3 Å². The van der Waals surface area contributed by atoms with Crippen LogP contribution in [0, 0.1) is 0 Å². The molecule has 2 amide bonds. The van der Waals surface area contributed by atoms with Gasteiger partial charge < -0.3 is 15.2 Å². The summed E-state index contributed by atoms with van der Waals surface area (Å²) in [5, 5.41) is 5.73. The van der Waals surface area contributed by atoms with E-state index >= 15 is 0 Å². The molecule has 0 saturated carbocycles. The van der Waals surface area contributed by atoms with Crippen molar-refractivity contribution in [1.29, 1.82) is 0 Å². The number of benzene rings is 1. The van der Waals surface area contributed by atoms with E-state index in [0.717, 1.165) is 44.2 Å². The maximum absolute atomic E-state index is 12.9. The second-order valence-corrected chi connectivity index (χ2v) is 7.39. The molecule has 0 aliphatic carbocycles. The predicted octanol–water partition coefficient (Wildman–Crippen LogP) is 3.59. The molecule has 7 heteroatoms. The molecule has 2 heterocycles. The minimum absolute atomic E-state index is 0.0682. The molecule has 154 valence electrons. The number of aromatic nitrogens is 2. The molecule has 1 aromatic carbocycles. The number of anilines is 1. The fraction of sp³-hybridized carbons (Fsp3) is 0.455. The topological polar surface area (TPSA) is 93.1 Å². The van der Waals surface area contributed by atoms with Gasteiger partial charge in [-0.05, 0) is 44.7 Å². The Bertz CT molecular complexity index is 917. The lowest BCUT2D eigenvalue weighted by Crippen LogP contribution is -2.26. The molecule has 3 rings (SSSR count). The predicted molar refractivity (Wildman–Crippen MR) is 111 cm³/mol. The van der Waals surface area contributed by atoms with Crippen LogP contribution in [0.15, 0.2) is 24.3 Å². The van der Waals surface area contributed by atoms with E-state index in [1.54, 1.807) is 24.3 Å². The van der Waals surface area contributed by atoms with Crippen LogP contribution in [-0.4, -0.2) is 33.7 Å². The van der Waals surface area contributed by atoms with Crippen molar-refractivity contribution < 1.29 is 14.4 Å². The van der Waals surface area contributed by atoms with Gasteiger partial charge in [-0.15, -0.1) is 0 Å². The first kappa shape index (κ1) is 20.8. The summed E-state index contributed by atoms with van der Waals surface area (Å²) < 4.78 is 1.86. The third-order valence-corrected chi connectivity index (χ3v) is 5.13. The number of carbonyl (C=O) groups is 3. The SMILES string of the molecule is CCCCCNC(=O)c1nc(C(=O)Nc2cccc(C(C)=O)c2)n2c1CCCC2. The molecule has 0 spiro atoms. The molecule has 0 unspecified atom stereocenters. The van der Waals surface area contributed by atoms with Crippen LogP contribution in [0.1, 0.15) is 83.1 Å². The van der Waals surface area contributed by atoms with Crippen molar-refractivity contribution in [2.45, 2.75) is 58.9 Å². The summed E-state index contributed by atoms with van der Waals surface area (Å²) in [6, 6.07) is 6.80. The highest BCUT2D eigenvalue weighted by Gasteiger charge is 2.27. The third kappa shape index (κ3) is 4.91. The Kier molecular flexibility index (Phi) is 6.80. The zero-order valence-electron chi connectivity index (χ0n) is 17.1. The van der Waals surface area contributed by atoms with Gasteiger partial charge in [-0.25, -0.2) is 4.98 Å². The molecule has 1 aliphatic rings. The average Bonchev–Trinajstić information content (AvgIpc) is 3.11. The van der Waals surface area contributed by atoms with Gasteiger partial charge in [-0.1, -0.05) is 31.9 Å². The summed E-state index contributed by atoms with van der Waals surface area (Å²) in [5.41, 5.74) is 2.23. The Hall–Kier alpha value is -2.96. The zero-order valence-corrected chi connectivity index (χ0v) is 17.1. The molecule has 1 aromatic heterocycles. The van der Waals surface area contributed by atoms with E-state index in [1.165, 1.54) is 6.92 Å². The van der Waals surface area contributed by atoms with Crippen LogP contribution in [0.2, 0.25) is 0 Å². The number of carbonyl (C=O) groups excluding carboxylic acids is 3. The number of imidazole rings is 1. The van der Waals surface area contributed by atoms with E-state index in [1.807, 2.05) is 4.57 Å². The number of amides is 2. The fourth-order valence-corrected chi connectivity index (χ4v) is 3.56. The first-order valence-electron chi connectivity index (χ1n) is 10.3. The molecule has 0 bridgehead atoms. The van der Waals surface area contributed by atoms with Crippen molar-refractivity contribution in [3.8, 4) is 0 Å². The lowest BCUT2D eigenvalue weighted by molar-refractivity contribution is 0.0946. The number of Topliss-reactive ketones (excluding diaryl/α,β-unsaturated/α-hetero) is 1. The quantitative estimate of drug-likeness (QED) is 0.527. The molecule has 0 radical (unpaired) electrons. The van der Waals surface area contributed by atoms with Crippen LogP contribution >= 0.6 is 0 Å². The van der Waals surface area contributed by atoms with Crippen LogP contribution < -0.4 is 10.6 Å². The average molecular weight is 396 g/mol. The smallest absolute Gasteiger partial charge is 0.291 e. The van der Waals surface area contributed by atoms with Gasteiger partial charge in [0, 0.05) is 24.3 Å². The first-order valence-corrected chi connectivity index (χ1v) is 10.3. The highest BCUT2D eigenvalue weighted by Crippen LogP contribution is 2.22. The molecule has 1 aliphatic heterocycles. The van der Waals surface area contributed by atoms with Crippen molar-refractivity contribution in [1.82, 2.24) is 14.9 Å². The summed E-state index contributed by atoms with van der Waals surface area (Å²) in [5.74, 6) is -0.420. The van der Waals surface area contributed by atoms with Gasteiger partial charge in [0.25, 0.3) is 11.8 Å². The van der Waals surface area contributed by atoms with Gasteiger partial charge >= 0.3 is 0 Å². The number of ketones is 1. The molecule has 7 nitrogen and oxygen atoms in total. The van der Waals surface area contributed by atoms with Crippen LogP contribution in [0.5, 0.6) is 0 Å². The second kappa shape index (κ2) is 9.49. The number of fused-ring (bicyclic) bond motifs is 1. The molecular formula is C22H28N4O3. The molecule has 2 N–H and O–H groups in total. The fourth-order valence-electron chi connectivity index (χ4n) is 3.56. The van der Waals surface area contributed by atoms with Crippen LogP contribution in [0.25, 0.3) is 0 Å². The van der Waals surface area contributed by atoms with Crippen molar-refractivity contribution in [2.75, 3.05) is 11.9 Å². The van der Waals surface area contributed by atoms with Gasteiger partial charge in [0.2, 0.25) is 0 Å². The molecule has 2 aromatic rings. The number of nitrogens with zero attached hydrogens (tertiary/aromatic N) is 2. The number of hydrogen-bond acceptors (Lipinski definition) is 4. The van der Waals surface area contributed by atoms with Crippen molar-refractivity contribution in [3.63, 3.8) is 0 Å². The summed E-state index contributed by atoms with van der Waals surface area (Å²) in [6.45, 7) is 4.88. The minimum Gasteiger partial charge on any atom is -0.351 e. The van der Waals surface area contributed by atoms with Crippen molar-refractivity contribution in [3.05, 3.63) is 47.0 Å². The van der Waals surface area contributed by atoms with E-state index in [4.69, 9.17) is 0 Å². The molecule has 29 heavy (non-hydrogen) atoms. The maximum atomic E-state index is 12.9. The Labute approximate surface area is 170 Å². The normalized spacial score (nSPS) is 12.9. The van der Waals surface area contributed by atoms with E-state index < -0.39 is 0 Å². The molecule has 0 fully saturated rings. The van der Waals surface area contributed by atoms with E-state index in [2.05, 4.69) is 22.5 Å². The number of nitrogens with one attached hydrogen (secondary N) is 2. The van der Waals surface area contributed by atoms with Crippen LogP contribution in [0.3, 0.4) is 0 Å². The Balaban J connectivity index is 1.81. The maximum Gasteiger partial charge on any atom is 0.291 e. The lowest BCUT2D eigenvalue weighted by atomic mass is 10.1. The highest BCUT2D eigenvalue weighted by atomic mass is 16.2. The van der Waals surface area contributed by atoms with Gasteiger partial charge in [0.1, 0.15) is 5.69 Å². The summed E-state index contributed by atoms with van der Waals surface area (Å²) in [6.07, 6.45) is 5.74. The molecular weight excluding hydrogens is 368 g/mol. The van der Waals surface area contributed by atoms with E-state index in [9.17, 15) is 14.4 Å². The van der Waals surface area contributed by atoms with Crippen LogP contribution in [0.4, 0.5) is 5.69 Å². The second-order valence-electron chi connectivity index (χ2n) is 7.39. The van der Waals surface area contributed by atoms with Crippen molar-refractivity contribution in [2.24, 2.45) is 0 Å². The van der Waals surface area contributed by atoms with Gasteiger partial charge in [-0.3, -0.25) is 14.4 Å². The van der Waals surface area contributed by atoms with Gasteiger partial charge in [0.15, 0.2) is 11.6 Å². The first-order chi connectivity index (χ1) is 14.0. The summed E-state index contributed by atoms with van der Waals surface area (Å²) in [4.78, 5) is 41.5. The minimum atomic E-state index is -0.376. The third-order valence-electron chi connectivity index (χ3n) is 5.13. The summed E-state index contributed by atoms with van der Waals surface area (Å²) >= 11 is 0. The van der Waals surface area contributed by atoms with Gasteiger partial charge in [0.05, 0.1) is 5.69 Å². The Morgan fingerprint density at radius 3 is 2.72 bits per heavy atom. The highest BCUT2D eigenvalue weighted by molar-refractivity contribution is 6.04. The Morgan fingerprint density at radius 2 is 1.97 bits per heavy atom. The largest absolute Gasteiger partial charge is 0.351 e. The van der Waals surface area contributed by atoms with E-state index in [-0.39, 0.29) is 23.4 Å². The standard InChI is InChI=1S/C22H28N4O3/c1-3-4-6-12-23-21(28)19-18-11-5-7-13-26(18)20(25-19)22(29)24-17-10-8-9-16(14-17)15(2)27/h8-10,14H,3-7,11-13H2,1-2H3,(H,23,28)(H,24,29). The zero-order chi connectivity index (χ0) is 20.8. The number of hydrogen-bond donors (Lipinski definition) is 2. The molecule has 0 saturated heterocycles. The van der Waals surface area contributed by atoms with E-state index in [0.29, 0.717) is 30.0 Å². The van der Waals surface area contributed by atoms with Gasteiger partial charge in [-0.2, -0.15) is 0 Å². The summed E-state index contributed by atoms with van der Waals surface area (Å²) in [7, 11) is 0. The Morgan fingerprint density at radius 1 is 1.14 bits per heavy atom.